The van der Waals surface area contributed by atoms with Crippen molar-refractivity contribution in [3.8, 4) is 0 Å². The zero-order valence-corrected chi connectivity index (χ0v) is 10.4. The number of nitrogens with two attached hydrogens (primary N) is 1. The summed E-state index contributed by atoms with van der Waals surface area (Å²) in [5, 5.41) is 2.92. The third-order valence-electron chi connectivity index (χ3n) is 2.81. The van der Waals surface area contributed by atoms with Gasteiger partial charge in [0.05, 0.1) is 11.7 Å². The number of aromatic nitrogens is 2. The molecule has 0 saturated carbocycles. The van der Waals surface area contributed by atoms with E-state index in [2.05, 4.69) is 10.3 Å². The highest BCUT2D eigenvalue weighted by atomic mass is 16.2. The third-order valence-corrected chi connectivity index (χ3v) is 2.81. The first-order chi connectivity index (χ1) is 8.58. The van der Waals surface area contributed by atoms with Crippen LogP contribution < -0.4 is 11.1 Å². The fraction of sp³-hybridized carbons (Fsp3) is 0.231. The molecule has 2 aromatic heterocycles. The van der Waals surface area contributed by atoms with Crippen LogP contribution in [0.4, 0.5) is 5.69 Å². The number of carbonyl (C=O) groups excluding carboxylic acids is 1. The van der Waals surface area contributed by atoms with Gasteiger partial charge in [-0.15, -0.1) is 0 Å². The number of pyridine rings is 1. The molecular weight excluding hydrogens is 228 g/mol. The normalized spacial score (nSPS) is 12.1. The number of amides is 1. The monoisotopic (exact) mass is 244 g/mol. The fourth-order valence-electron chi connectivity index (χ4n) is 1.82. The van der Waals surface area contributed by atoms with E-state index in [9.17, 15) is 4.79 Å². The summed E-state index contributed by atoms with van der Waals surface area (Å²) in [6.07, 6.45) is 5.13. The summed E-state index contributed by atoms with van der Waals surface area (Å²) in [5.41, 5.74) is 7.80. The first-order valence-electron chi connectivity index (χ1n) is 5.70. The van der Waals surface area contributed by atoms with E-state index in [1.807, 2.05) is 19.1 Å². The van der Waals surface area contributed by atoms with Crippen molar-refractivity contribution in [3.05, 3.63) is 48.0 Å². The summed E-state index contributed by atoms with van der Waals surface area (Å²) in [7, 11) is 1.79. The molecule has 3 N–H and O–H groups in total. The first-order valence-corrected chi connectivity index (χ1v) is 5.70. The molecule has 2 heterocycles. The number of hydrogen-bond acceptors (Lipinski definition) is 3. The lowest BCUT2D eigenvalue weighted by Gasteiger charge is -2.14. The van der Waals surface area contributed by atoms with Gasteiger partial charge in [-0.25, -0.2) is 0 Å². The van der Waals surface area contributed by atoms with E-state index >= 15 is 0 Å². The summed E-state index contributed by atoms with van der Waals surface area (Å²) in [5.74, 6) is -0.140. The molecule has 2 rings (SSSR count). The number of anilines is 1. The van der Waals surface area contributed by atoms with Crippen molar-refractivity contribution >= 4 is 11.6 Å². The van der Waals surface area contributed by atoms with Gasteiger partial charge < -0.3 is 15.6 Å². The summed E-state index contributed by atoms with van der Waals surface area (Å²) in [6, 6.07) is 5.35. The Kier molecular flexibility index (Phi) is 3.32. The lowest BCUT2D eigenvalue weighted by Crippen LogP contribution is -2.28. The van der Waals surface area contributed by atoms with E-state index in [1.54, 1.807) is 36.3 Å². The number of rotatable bonds is 3. The molecule has 0 spiro atoms. The summed E-state index contributed by atoms with van der Waals surface area (Å²) < 4.78 is 1.71. The van der Waals surface area contributed by atoms with Crippen LogP contribution in [0.1, 0.15) is 29.0 Å². The molecule has 2 aromatic rings. The van der Waals surface area contributed by atoms with Crippen molar-refractivity contribution in [2.45, 2.75) is 13.0 Å². The van der Waals surface area contributed by atoms with E-state index in [0.29, 0.717) is 11.4 Å². The van der Waals surface area contributed by atoms with Crippen molar-refractivity contribution in [1.29, 1.82) is 0 Å². The molecular formula is C13H16N4O. The van der Waals surface area contributed by atoms with Crippen LogP contribution in [0.2, 0.25) is 0 Å². The van der Waals surface area contributed by atoms with Crippen molar-refractivity contribution in [3.63, 3.8) is 0 Å². The Hall–Kier alpha value is -2.30. The van der Waals surface area contributed by atoms with E-state index < -0.39 is 0 Å². The molecule has 0 aliphatic carbocycles. The van der Waals surface area contributed by atoms with Gasteiger partial charge in [0, 0.05) is 25.6 Å². The largest absolute Gasteiger partial charge is 0.397 e. The third kappa shape index (κ3) is 2.51. The molecule has 0 bridgehead atoms. The van der Waals surface area contributed by atoms with E-state index in [-0.39, 0.29) is 11.9 Å². The number of nitrogens with one attached hydrogen (secondary N) is 1. The van der Waals surface area contributed by atoms with Gasteiger partial charge in [-0.1, -0.05) is 0 Å². The van der Waals surface area contributed by atoms with Crippen LogP contribution in [0.15, 0.2) is 36.8 Å². The Morgan fingerprint density at radius 3 is 2.67 bits per heavy atom. The lowest BCUT2D eigenvalue weighted by atomic mass is 10.1. The van der Waals surface area contributed by atoms with Gasteiger partial charge in [0.2, 0.25) is 0 Å². The minimum Gasteiger partial charge on any atom is -0.397 e. The van der Waals surface area contributed by atoms with Crippen LogP contribution in [0.25, 0.3) is 0 Å². The van der Waals surface area contributed by atoms with Gasteiger partial charge in [-0.3, -0.25) is 9.78 Å². The zero-order valence-electron chi connectivity index (χ0n) is 10.4. The number of aryl methyl sites for hydroxylation is 1. The lowest BCUT2D eigenvalue weighted by molar-refractivity contribution is 0.0931. The molecule has 1 unspecified atom stereocenters. The summed E-state index contributed by atoms with van der Waals surface area (Å²) >= 11 is 0. The molecule has 0 radical (unpaired) electrons. The Morgan fingerprint density at radius 1 is 1.44 bits per heavy atom. The highest BCUT2D eigenvalue weighted by Gasteiger charge is 2.14. The standard InChI is InChI=1S/C13H16N4O/c1-9(10-3-5-15-6-4-10)16-13(18)12-7-11(14)8-17(12)2/h3-9H,14H2,1-2H3,(H,16,18). The van der Waals surface area contributed by atoms with Gasteiger partial charge in [-0.05, 0) is 30.7 Å². The molecule has 1 atom stereocenters. The number of carbonyl (C=O) groups is 1. The maximum Gasteiger partial charge on any atom is 0.268 e. The zero-order chi connectivity index (χ0) is 13.1. The van der Waals surface area contributed by atoms with Crippen molar-refractivity contribution in [2.75, 3.05) is 5.73 Å². The second-order valence-electron chi connectivity index (χ2n) is 4.25. The highest BCUT2D eigenvalue weighted by molar-refractivity contribution is 5.94. The van der Waals surface area contributed by atoms with Crippen molar-refractivity contribution < 1.29 is 4.79 Å². The maximum atomic E-state index is 12.1. The minimum atomic E-state index is -0.140. The van der Waals surface area contributed by atoms with Crippen LogP contribution in [0.3, 0.4) is 0 Å². The van der Waals surface area contributed by atoms with Crippen LogP contribution in [-0.2, 0) is 7.05 Å². The molecule has 94 valence electrons. The van der Waals surface area contributed by atoms with Crippen LogP contribution >= 0.6 is 0 Å². The first kappa shape index (κ1) is 12.2. The van der Waals surface area contributed by atoms with E-state index in [1.165, 1.54) is 0 Å². The second kappa shape index (κ2) is 4.91. The number of nitrogen functional groups attached to an aromatic ring is 1. The topological polar surface area (TPSA) is 72.9 Å². The summed E-state index contributed by atoms with van der Waals surface area (Å²) in [6.45, 7) is 1.93. The van der Waals surface area contributed by atoms with Gasteiger partial charge in [0.1, 0.15) is 5.69 Å². The van der Waals surface area contributed by atoms with Gasteiger partial charge >= 0.3 is 0 Å². The average molecular weight is 244 g/mol. The van der Waals surface area contributed by atoms with Gasteiger partial charge in [-0.2, -0.15) is 0 Å². The molecule has 0 aliphatic heterocycles. The maximum absolute atomic E-state index is 12.1. The fourth-order valence-corrected chi connectivity index (χ4v) is 1.82. The molecule has 0 aromatic carbocycles. The minimum absolute atomic E-state index is 0.0726. The van der Waals surface area contributed by atoms with Crippen LogP contribution in [-0.4, -0.2) is 15.5 Å². The van der Waals surface area contributed by atoms with Crippen molar-refractivity contribution in [1.82, 2.24) is 14.9 Å². The molecule has 18 heavy (non-hydrogen) atoms. The van der Waals surface area contributed by atoms with E-state index in [0.717, 1.165) is 5.56 Å². The van der Waals surface area contributed by atoms with Crippen LogP contribution in [0, 0.1) is 0 Å². The molecule has 0 aliphatic rings. The smallest absolute Gasteiger partial charge is 0.268 e. The molecule has 0 saturated heterocycles. The average Bonchev–Trinajstić information content (AvgIpc) is 2.69. The molecule has 5 nitrogen and oxygen atoms in total. The SMILES string of the molecule is CC(NC(=O)c1cc(N)cn1C)c1ccncc1. The second-order valence-corrected chi connectivity index (χ2v) is 4.25. The molecule has 1 amide bonds. The summed E-state index contributed by atoms with van der Waals surface area (Å²) in [4.78, 5) is 16.0. The Bertz CT molecular complexity index is 547. The predicted octanol–water partition coefficient (Wildman–Crippen LogP) is 1.49. The Labute approximate surface area is 106 Å². The van der Waals surface area contributed by atoms with Gasteiger partial charge in [0.25, 0.3) is 5.91 Å². The molecule has 5 heteroatoms. The Balaban J connectivity index is 2.10. The predicted molar refractivity (Wildman–Crippen MR) is 69.9 cm³/mol. The highest BCUT2D eigenvalue weighted by Crippen LogP contribution is 2.13. The van der Waals surface area contributed by atoms with Crippen LogP contribution in [0.5, 0.6) is 0 Å². The number of hydrogen-bond donors (Lipinski definition) is 2. The Morgan fingerprint density at radius 2 is 2.11 bits per heavy atom. The van der Waals surface area contributed by atoms with Crippen molar-refractivity contribution in [2.24, 2.45) is 7.05 Å². The quantitative estimate of drug-likeness (QED) is 0.859. The number of nitrogens with zero attached hydrogens (tertiary/aromatic N) is 2. The van der Waals surface area contributed by atoms with E-state index in [4.69, 9.17) is 5.73 Å². The molecule has 0 fully saturated rings. The van der Waals surface area contributed by atoms with Gasteiger partial charge in [0.15, 0.2) is 0 Å².